The normalized spacial score (nSPS) is 10.9. The minimum absolute atomic E-state index is 0.0599. The number of phenolic OH excluding ortho intramolecular Hbond substituents is 3. The van der Waals surface area contributed by atoms with Crippen LogP contribution in [0.2, 0.25) is 0 Å². The number of aromatic hydroxyl groups is 3. The van der Waals surface area contributed by atoms with Crippen molar-refractivity contribution >= 4 is 10.8 Å². The van der Waals surface area contributed by atoms with Crippen LogP contribution in [0.25, 0.3) is 27.7 Å². The molecule has 26 heavy (non-hydrogen) atoms. The molecule has 1 heterocycles. The predicted octanol–water partition coefficient (Wildman–Crippen LogP) is 3.17. The van der Waals surface area contributed by atoms with E-state index in [1.807, 2.05) is 30.3 Å². The van der Waals surface area contributed by atoms with Crippen LogP contribution in [0.1, 0.15) is 0 Å². The van der Waals surface area contributed by atoms with Crippen molar-refractivity contribution in [1.82, 2.24) is 9.78 Å². The first kappa shape index (κ1) is 15.7. The molecule has 0 spiro atoms. The summed E-state index contributed by atoms with van der Waals surface area (Å²) >= 11 is 0. The molecule has 4 aromatic rings. The Morgan fingerprint density at radius 1 is 0.808 bits per heavy atom. The molecule has 0 saturated heterocycles. The summed E-state index contributed by atoms with van der Waals surface area (Å²) < 4.78 is 1.17. The van der Waals surface area contributed by atoms with E-state index in [4.69, 9.17) is 0 Å². The fourth-order valence-corrected chi connectivity index (χ4v) is 2.91. The summed E-state index contributed by atoms with van der Waals surface area (Å²) in [4.78, 5) is 12.9. The molecule has 0 aliphatic rings. The third-order valence-corrected chi connectivity index (χ3v) is 4.11. The van der Waals surface area contributed by atoms with Crippen molar-refractivity contribution in [3.8, 4) is 34.2 Å². The van der Waals surface area contributed by atoms with Crippen LogP contribution in [0.4, 0.5) is 0 Å². The Hall–Kier alpha value is -3.80. The van der Waals surface area contributed by atoms with E-state index in [1.54, 1.807) is 12.1 Å². The van der Waals surface area contributed by atoms with Gasteiger partial charge in [-0.2, -0.15) is 9.78 Å². The number of hydrogen-bond acceptors (Lipinski definition) is 5. The van der Waals surface area contributed by atoms with Crippen LogP contribution in [0.3, 0.4) is 0 Å². The van der Waals surface area contributed by atoms with Gasteiger partial charge in [-0.05, 0) is 30.3 Å². The summed E-state index contributed by atoms with van der Waals surface area (Å²) in [5.41, 5.74) is 1.09. The molecule has 3 aromatic carbocycles. The third kappa shape index (κ3) is 2.53. The van der Waals surface area contributed by atoms with E-state index in [0.717, 1.165) is 11.6 Å². The van der Waals surface area contributed by atoms with E-state index < -0.39 is 5.56 Å². The van der Waals surface area contributed by atoms with E-state index in [2.05, 4.69) is 5.10 Å². The van der Waals surface area contributed by atoms with Crippen LogP contribution in [0.15, 0.2) is 71.5 Å². The van der Waals surface area contributed by atoms with Crippen molar-refractivity contribution in [1.29, 1.82) is 0 Å². The number of hydrogen-bond donors (Lipinski definition) is 3. The average molecular weight is 346 g/mol. The Bertz CT molecular complexity index is 1170. The Labute approximate surface area is 147 Å². The molecule has 0 fully saturated rings. The molecule has 0 bridgehead atoms. The molecule has 0 radical (unpaired) electrons. The van der Waals surface area contributed by atoms with Crippen LogP contribution < -0.4 is 5.56 Å². The first-order valence-electron chi connectivity index (χ1n) is 7.88. The largest absolute Gasteiger partial charge is 0.508 e. The molecule has 0 amide bonds. The summed E-state index contributed by atoms with van der Waals surface area (Å²) in [6.07, 6.45) is 0. The highest BCUT2D eigenvalue weighted by molar-refractivity contribution is 5.98. The zero-order valence-electron chi connectivity index (χ0n) is 13.5. The molecule has 1 aromatic heterocycles. The van der Waals surface area contributed by atoms with Gasteiger partial charge in [-0.3, -0.25) is 4.79 Å². The fraction of sp³-hybridized carbons (Fsp3) is 0. The molecule has 6 heteroatoms. The number of nitrogens with zero attached hydrogens (tertiary/aromatic N) is 2. The highest BCUT2D eigenvalue weighted by Crippen LogP contribution is 2.33. The van der Waals surface area contributed by atoms with E-state index in [0.29, 0.717) is 16.8 Å². The quantitative estimate of drug-likeness (QED) is 0.518. The van der Waals surface area contributed by atoms with Gasteiger partial charge in [0.2, 0.25) is 0 Å². The number of phenols is 3. The molecule has 0 unspecified atom stereocenters. The van der Waals surface area contributed by atoms with Gasteiger partial charge in [0.25, 0.3) is 5.56 Å². The molecule has 3 N–H and O–H groups in total. The van der Waals surface area contributed by atoms with Crippen LogP contribution in [0.5, 0.6) is 17.2 Å². The predicted molar refractivity (Wildman–Crippen MR) is 97.8 cm³/mol. The van der Waals surface area contributed by atoms with E-state index in [-0.39, 0.29) is 22.6 Å². The average Bonchev–Trinajstić information content (AvgIpc) is 2.63. The van der Waals surface area contributed by atoms with Crippen LogP contribution in [-0.2, 0) is 0 Å². The topological polar surface area (TPSA) is 95.6 Å². The van der Waals surface area contributed by atoms with E-state index in [1.165, 1.54) is 22.9 Å². The van der Waals surface area contributed by atoms with Gasteiger partial charge in [0.05, 0.1) is 16.8 Å². The monoisotopic (exact) mass is 346 g/mol. The Morgan fingerprint density at radius 3 is 2.19 bits per heavy atom. The van der Waals surface area contributed by atoms with Crippen molar-refractivity contribution in [2.24, 2.45) is 0 Å². The third-order valence-electron chi connectivity index (χ3n) is 4.11. The molecular formula is C20H14N2O4. The van der Waals surface area contributed by atoms with E-state index in [9.17, 15) is 20.1 Å². The van der Waals surface area contributed by atoms with Crippen molar-refractivity contribution in [2.75, 3.05) is 0 Å². The van der Waals surface area contributed by atoms with Gasteiger partial charge in [0.15, 0.2) is 0 Å². The highest BCUT2D eigenvalue weighted by Gasteiger charge is 2.17. The summed E-state index contributed by atoms with van der Waals surface area (Å²) in [5, 5.41) is 34.5. The lowest BCUT2D eigenvalue weighted by Crippen LogP contribution is -2.22. The molecule has 4 rings (SSSR count). The lowest BCUT2D eigenvalue weighted by Gasteiger charge is -2.12. The number of fused-ring (bicyclic) bond motifs is 1. The second-order valence-corrected chi connectivity index (χ2v) is 5.84. The van der Waals surface area contributed by atoms with Gasteiger partial charge in [-0.1, -0.05) is 30.3 Å². The van der Waals surface area contributed by atoms with Crippen molar-refractivity contribution < 1.29 is 15.3 Å². The first-order chi connectivity index (χ1) is 12.5. The lowest BCUT2D eigenvalue weighted by molar-refractivity contribution is 0.454. The van der Waals surface area contributed by atoms with Gasteiger partial charge < -0.3 is 15.3 Å². The van der Waals surface area contributed by atoms with Gasteiger partial charge in [0, 0.05) is 17.0 Å². The van der Waals surface area contributed by atoms with E-state index >= 15 is 0 Å². The zero-order chi connectivity index (χ0) is 18.3. The lowest BCUT2D eigenvalue weighted by atomic mass is 10.0. The van der Waals surface area contributed by atoms with Crippen molar-refractivity contribution in [3.05, 3.63) is 77.1 Å². The highest BCUT2D eigenvalue weighted by atomic mass is 16.3. The summed E-state index contributed by atoms with van der Waals surface area (Å²) in [6, 6.07) is 17.7. The Balaban J connectivity index is 2.13. The molecule has 128 valence electrons. The second kappa shape index (κ2) is 5.93. The van der Waals surface area contributed by atoms with Crippen LogP contribution in [-0.4, -0.2) is 25.1 Å². The number of benzene rings is 3. The molecule has 0 atom stereocenters. The standard InChI is InChI=1S/C20H14N2O4/c23-14-8-6-13(7-9-14)22-20(26)18-16(10-15(24)11-17(18)25)19(21-22)12-4-2-1-3-5-12/h1-11,23-25H. The smallest absolute Gasteiger partial charge is 0.283 e. The molecule has 6 nitrogen and oxygen atoms in total. The zero-order valence-corrected chi connectivity index (χ0v) is 13.5. The molecule has 0 saturated carbocycles. The molecule has 0 aliphatic carbocycles. The van der Waals surface area contributed by atoms with Gasteiger partial charge in [-0.25, -0.2) is 0 Å². The maximum atomic E-state index is 12.9. The van der Waals surface area contributed by atoms with Gasteiger partial charge >= 0.3 is 0 Å². The van der Waals surface area contributed by atoms with Crippen molar-refractivity contribution in [3.63, 3.8) is 0 Å². The Kier molecular flexibility index (Phi) is 3.58. The van der Waals surface area contributed by atoms with Crippen molar-refractivity contribution in [2.45, 2.75) is 0 Å². The molecule has 0 aliphatic heterocycles. The summed E-state index contributed by atoms with van der Waals surface area (Å²) in [7, 11) is 0. The Morgan fingerprint density at radius 2 is 1.50 bits per heavy atom. The summed E-state index contributed by atoms with van der Waals surface area (Å²) in [5.74, 6) is -0.411. The minimum Gasteiger partial charge on any atom is -0.508 e. The SMILES string of the molecule is O=c1c2c(O)cc(O)cc2c(-c2ccccc2)nn1-c1ccc(O)cc1. The number of aromatic nitrogens is 2. The maximum Gasteiger partial charge on any atom is 0.283 e. The summed E-state index contributed by atoms with van der Waals surface area (Å²) in [6.45, 7) is 0. The number of rotatable bonds is 2. The second-order valence-electron chi connectivity index (χ2n) is 5.84. The van der Waals surface area contributed by atoms with Gasteiger partial charge in [0.1, 0.15) is 17.2 Å². The first-order valence-corrected chi connectivity index (χ1v) is 7.88. The van der Waals surface area contributed by atoms with Gasteiger partial charge in [-0.15, -0.1) is 0 Å². The van der Waals surface area contributed by atoms with Crippen LogP contribution >= 0.6 is 0 Å². The minimum atomic E-state index is -0.525. The maximum absolute atomic E-state index is 12.9. The molecular weight excluding hydrogens is 332 g/mol. The fourth-order valence-electron chi connectivity index (χ4n) is 2.91. The van der Waals surface area contributed by atoms with Crippen LogP contribution in [0, 0.1) is 0 Å².